The summed E-state index contributed by atoms with van der Waals surface area (Å²) in [5.74, 6) is 0.726. The summed E-state index contributed by atoms with van der Waals surface area (Å²) in [5, 5.41) is 0. The van der Waals surface area contributed by atoms with Crippen LogP contribution in [0.2, 0.25) is 0 Å². The molecular formula is C18H17N3O3. The van der Waals surface area contributed by atoms with Crippen molar-refractivity contribution in [1.82, 2.24) is 14.9 Å². The first-order chi connectivity index (χ1) is 11.7. The quantitative estimate of drug-likeness (QED) is 0.786. The van der Waals surface area contributed by atoms with Gasteiger partial charge in [0.1, 0.15) is 11.1 Å². The van der Waals surface area contributed by atoms with Crippen molar-refractivity contribution in [2.24, 2.45) is 0 Å². The molecule has 4 rings (SSSR count). The predicted molar refractivity (Wildman–Crippen MR) is 89.0 cm³/mol. The number of aromatic nitrogens is 2. The van der Waals surface area contributed by atoms with Gasteiger partial charge in [-0.2, -0.15) is 0 Å². The number of piperidine rings is 1. The average Bonchev–Trinajstić information content (AvgIpc) is 3.06. The smallest absolute Gasteiger partial charge is 0.260 e. The third-order valence-corrected chi connectivity index (χ3v) is 4.49. The molecule has 3 heterocycles. The summed E-state index contributed by atoms with van der Waals surface area (Å²) in [6.07, 6.45) is 3.09. The Labute approximate surface area is 138 Å². The molecule has 1 aliphatic heterocycles. The van der Waals surface area contributed by atoms with Crippen molar-refractivity contribution >= 4 is 17.0 Å². The van der Waals surface area contributed by atoms with Crippen molar-refractivity contribution in [2.45, 2.75) is 18.8 Å². The second-order valence-corrected chi connectivity index (χ2v) is 6.00. The molecule has 1 saturated heterocycles. The number of nitrogens with zero attached hydrogens (tertiary/aromatic N) is 2. The lowest BCUT2D eigenvalue weighted by atomic mass is 9.96. The van der Waals surface area contributed by atoms with Gasteiger partial charge in [-0.25, -0.2) is 4.98 Å². The van der Waals surface area contributed by atoms with E-state index in [2.05, 4.69) is 9.97 Å². The lowest BCUT2D eigenvalue weighted by molar-refractivity contribution is 0.0705. The van der Waals surface area contributed by atoms with E-state index < -0.39 is 0 Å². The van der Waals surface area contributed by atoms with Gasteiger partial charge < -0.3 is 14.3 Å². The fraction of sp³-hybridized carbons (Fsp3) is 0.278. The normalized spacial score (nSPS) is 15.8. The minimum absolute atomic E-state index is 0.192. The van der Waals surface area contributed by atoms with Gasteiger partial charge in [0.2, 0.25) is 0 Å². The number of H-pyrrole nitrogens is 1. The van der Waals surface area contributed by atoms with Crippen LogP contribution in [0.5, 0.6) is 0 Å². The van der Waals surface area contributed by atoms with Gasteiger partial charge in [-0.1, -0.05) is 12.1 Å². The number of pyridine rings is 1. The standard InChI is InChI=1S/C18H17N3O3/c22-16-13(4-3-9-19-16)18(23)21-10-7-12(8-11-21)17-20-14-5-1-2-6-15(14)24-17/h1-6,9,12H,7-8,10-11H2,(H,19,22). The first kappa shape index (κ1) is 14.7. The van der Waals surface area contributed by atoms with Gasteiger partial charge in [-0.3, -0.25) is 9.59 Å². The molecule has 0 aliphatic carbocycles. The Balaban J connectivity index is 1.47. The molecule has 1 N–H and O–H groups in total. The highest BCUT2D eigenvalue weighted by Crippen LogP contribution is 2.30. The number of para-hydroxylation sites is 2. The van der Waals surface area contributed by atoms with Gasteiger partial charge in [0.25, 0.3) is 11.5 Å². The molecule has 1 aromatic carbocycles. The Hall–Kier alpha value is -2.89. The molecule has 24 heavy (non-hydrogen) atoms. The number of oxazole rings is 1. The summed E-state index contributed by atoms with van der Waals surface area (Å²) in [6.45, 7) is 1.19. The van der Waals surface area contributed by atoms with Crippen molar-refractivity contribution in [3.8, 4) is 0 Å². The van der Waals surface area contributed by atoms with Crippen LogP contribution in [-0.4, -0.2) is 33.9 Å². The molecule has 6 heteroatoms. The second-order valence-electron chi connectivity index (χ2n) is 6.00. The van der Waals surface area contributed by atoms with Crippen molar-refractivity contribution in [1.29, 1.82) is 0 Å². The number of carbonyl (C=O) groups is 1. The van der Waals surface area contributed by atoms with Crippen molar-refractivity contribution in [2.75, 3.05) is 13.1 Å². The molecule has 3 aromatic rings. The number of carbonyl (C=O) groups excluding carboxylic acids is 1. The summed E-state index contributed by atoms with van der Waals surface area (Å²) < 4.78 is 5.84. The van der Waals surface area contributed by atoms with E-state index in [-0.39, 0.29) is 22.9 Å². The highest BCUT2D eigenvalue weighted by atomic mass is 16.3. The summed E-state index contributed by atoms with van der Waals surface area (Å²) >= 11 is 0. The molecule has 0 unspecified atom stereocenters. The van der Waals surface area contributed by atoms with Gasteiger partial charge in [0, 0.05) is 25.2 Å². The molecule has 0 spiro atoms. The zero-order valence-electron chi connectivity index (χ0n) is 13.1. The minimum Gasteiger partial charge on any atom is -0.440 e. The number of aromatic amines is 1. The lowest BCUT2D eigenvalue weighted by Crippen LogP contribution is -2.40. The van der Waals surface area contributed by atoms with E-state index in [0.29, 0.717) is 13.1 Å². The summed E-state index contributed by atoms with van der Waals surface area (Å²) in [6, 6.07) is 10.9. The Morgan fingerprint density at radius 3 is 2.71 bits per heavy atom. The second kappa shape index (κ2) is 5.96. The van der Waals surface area contributed by atoms with Crippen LogP contribution in [0.15, 0.2) is 51.8 Å². The van der Waals surface area contributed by atoms with Gasteiger partial charge in [-0.15, -0.1) is 0 Å². The highest BCUT2D eigenvalue weighted by Gasteiger charge is 2.28. The SMILES string of the molecule is O=C(c1ccc[nH]c1=O)N1CCC(c2nc3ccccc3o2)CC1. The average molecular weight is 323 g/mol. The van der Waals surface area contributed by atoms with Crippen LogP contribution in [-0.2, 0) is 0 Å². The lowest BCUT2D eigenvalue weighted by Gasteiger charge is -2.30. The maximum Gasteiger partial charge on any atom is 0.260 e. The Morgan fingerprint density at radius 1 is 1.17 bits per heavy atom. The molecular weight excluding hydrogens is 306 g/mol. The van der Waals surface area contributed by atoms with Crippen LogP contribution >= 0.6 is 0 Å². The monoisotopic (exact) mass is 323 g/mol. The maximum atomic E-state index is 12.5. The maximum absolute atomic E-state index is 12.5. The molecule has 0 radical (unpaired) electrons. The minimum atomic E-state index is -0.344. The number of hydrogen-bond donors (Lipinski definition) is 1. The molecule has 2 aromatic heterocycles. The van der Waals surface area contributed by atoms with Crippen LogP contribution in [0.1, 0.15) is 35.0 Å². The molecule has 0 bridgehead atoms. The first-order valence-corrected chi connectivity index (χ1v) is 8.05. The molecule has 0 saturated carbocycles. The highest BCUT2D eigenvalue weighted by molar-refractivity contribution is 5.93. The number of likely N-dealkylation sites (tertiary alicyclic amines) is 1. The predicted octanol–water partition coefficient (Wildman–Crippen LogP) is 2.54. The van der Waals surface area contributed by atoms with Gasteiger partial charge in [-0.05, 0) is 37.1 Å². The summed E-state index contributed by atoms with van der Waals surface area (Å²) in [4.78, 5) is 33.1. The fourth-order valence-corrected chi connectivity index (χ4v) is 3.15. The Kier molecular flexibility index (Phi) is 3.65. The summed E-state index contributed by atoms with van der Waals surface area (Å²) in [5.41, 5.74) is 1.50. The third-order valence-electron chi connectivity index (χ3n) is 4.49. The van der Waals surface area contributed by atoms with E-state index >= 15 is 0 Å². The topological polar surface area (TPSA) is 79.2 Å². The number of amides is 1. The van der Waals surface area contributed by atoms with Crippen molar-refractivity contribution in [3.05, 3.63) is 64.4 Å². The van der Waals surface area contributed by atoms with E-state index in [1.165, 1.54) is 6.20 Å². The number of benzene rings is 1. The zero-order valence-corrected chi connectivity index (χ0v) is 13.1. The van der Waals surface area contributed by atoms with Gasteiger partial charge >= 0.3 is 0 Å². The first-order valence-electron chi connectivity index (χ1n) is 8.05. The van der Waals surface area contributed by atoms with E-state index in [1.54, 1.807) is 17.0 Å². The molecule has 6 nitrogen and oxygen atoms in total. The van der Waals surface area contributed by atoms with Crippen LogP contribution in [0.25, 0.3) is 11.1 Å². The largest absolute Gasteiger partial charge is 0.440 e. The third kappa shape index (κ3) is 2.60. The number of hydrogen-bond acceptors (Lipinski definition) is 4. The molecule has 1 fully saturated rings. The van der Waals surface area contributed by atoms with E-state index in [4.69, 9.17) is 4.42 Å². The molecule has 0 atom stereocenters. The van der Waals surface area contributed by atoms with E-state index in [0.717, 1.165) is 29.8 Å². The molecule has 122 valence electrons. The van der Waals surface area contributed by atoms with Crippen molar-refractivity contribution < 1.29 is 9.21 Å². The molecule has 1 amide bonds. The van der Waals surface area contributed by atoms with Crippen LogP contribution in [0, 0.1) is 0 Å². The van der Waals surface area contributed by atoms with Gasteiger partial charge in [0.05, 0.1) is 0 Å². The number of fused-ring (bicyclic) bond motifs is 1. The van der Waals surface area contributed by atoms with Crippen LogP contribution in [0.3, 0.4) is 0 Å². The van der Waals surface area contributed by atoms with Crippen LogP contribution < -0.4 is 5.56 Å². The van der Waals surface area contributed by atoms with Crippen molar-refractivity contribution in [3.63, 3.8) is 0 Å². The zero-order chi connectivity index (χ0) is 16.5. The summed E-state index contributed by atoms with van der Waals surface area (Å²) in [7, 11) is 0. The van der Waals surface area contributed by atoms with Gasteiger partial charge in [0.15, 0.2) is 11.5 Å². The number of nitrogens with one attached hydrogen (secondary N) is 1. The fourth-order valence-electron chi connectivity index (χ4n) is 3.15. The molecule has 1 aliphatic rings. The van der Waals surface area contributed by atoms with E-state index in [1.807, 2.05) is 24.3 Å². The Morgan fingerprint density at radius 2 is 1.96 bits per heavy atom. The van der Waals surface area contributed by atoms with Crippen LogP contribution in [0.4, 0.5) is 0 Å². The number of rotatable bonds is 2. The Bertz CT molecular complexity index is 903. The van der Waals surface area contributed by atoms with E-state index in [9.17, 15) is 9.59 Å².